The molecule has 3 heterocycles. The second-order valence-corrected chi connectivity index (χ2v) is 5.69. The van der Waals surface area contributed by atoms with Gasteiger partial charge < -0.3 is 29.2 Å². The van der Waals surface area contributed by atoms with Gasteiger partial charge in [-0.05, 0) is 0 Å². The highest BCUT2D eigenvalue weighted by molar-refractivity contribution is 6.19. The molecule has 2 atom stereocenters. The smallest absolute Gasteiger partial charge is 0.478 e. The molecule has 2 N–H and O–H groups in total. The van der Waals surface area contributed by atoms with E-state index in [1.807, 2.05) is 0 Å². The molecular formula is C12H14Cl3N3O12. The maximum Gasteiger partial charge on any atom is 0.509 e. The lowest BCUT2D eigenvalue weighted by Gasteiger charge is -1.96. The van der Waals surface area contributed by atoms with Crippen molar-refractivity contribution in [2.45, 2.75) is 19.6 Å². The number of halogens is 3. The van der Waals surface area contributed by atoms with Crippen LogP contribution in [0.15, 0.2) is 14.4 Å². The van der Waals surface area contributed by atoms with E-state index in [1.54, 1.807) is 0 Å². The number of rotatable bonds is 2. The van der Waals surface area contributed by atoms with Gasteiger partial charge in [0.05, 0.1) is 6.61 Å². The van der Waals surface area contributed by atoms with Gasteiger partial charge >= 0.3 is 35.3 Å². The number of aliphatic hydroxyl groups excluding tert-OH is 1. The first-order chi connectivity index (χ1) is 13.5. The Bertz CT molecular complexity index is 853. The van der Waals surface area contributed by atoms with Gasteiger partial charge in [-0.2, -0.15) is 0 Å². The number of carboxylic acids is 1. The largest absolute Gasteiger partial charge is 0.509 e. The quantitative estimate of drug-likeness (QED) is 0.469. The van der Waals surface area contributed by atoms with Crippen LogP contribution in [0.25, 0.3) is 0 Å². The maximum atomic E-state index is 10.8. The highest BCUT2D eigenvalue weighted by Gasteiger charge is 2.30. The number of nitrogens with zero attached hydrogens (tertiary/aromatic N) is 3. The van der Waals surface area contributed by atoms with E-state index in [0.29, 0.717) is 0 Å². The fourth-order valence-electron chi connectivity index (χ4n) is 1.38. The third kappa shape index (κ3) is 7.25. The summed E-state index contributed by atoms with van der Waals surface area (Å²) in [6, 6.07) is 0. The average molecular weight is 499 g/mol. The summed E-state index contributed by atoms with van der Waals surface area (Å²) in [5.74, 6) is -1.18. The van der Waals surface area contributed by atoms with E-state index in [4.69, 9.17) is 45.5 Å². The molecule has 30 heavy (non-hydrogen) atoms. The van der Waals surface area contributed by atoms with E-state index in [1.165, 1.54) is 0 Å². The number of carbonyl (C=O) groups excluding carboxylic acids is 2. The lowest BCUT2D eigenvalue weighted by molar-refractivity contribution is -0.144. The summed E-state index contributed by atoms with van der Waals surface area (Å²) in [7, 11) is 0. The number of hydrogen-bond acceptors (Lipinski definition) is 11. The van der Waals surface area contributed by atoms with Crippen molar-refractivity contribution in [2.24, 2.45) is 0 Å². The molecule has 1 aromatic heterocycles. The predicted molar refractivity (Wildman–Crippen MR) is 96.9 cm³/mol. The zero-order valence-corrected chi connectivity index (χ0v) is 16.0. The minimum Gasteiger partial charge on any atom is -0.478 e. The molecule has 2 aliphatic rings. The Labute approximate surface area is 180 Å². The van der Waals surface area contributed by atoms with E-state index >= 15 is 0 Å². The summed E-state index contributed by atoms with van der Waals surface area (Å²) in [5.41, 5.74) is -3.49. The molecule has 2 saturated heterocycles. The zero-order chi connectivity index (χ0) is 22.3. The average Bonchev–Trinajstić information content (AvgIpc) is 3.32. The Kier molecular flexibility index (Phi) is 11.0. The van der Waals surface area contributed by atoms with Gasteiger partial charge in [0, 0.05) is 35.3 Å². The molecule has 2 aliphatic heterocycles. The fraction of sp³-hybridized carbons (Fsp3) is 0.500. The lowest BCUT2D eigenvalue weighted by atomic mass is 10.4. The van der Waals surface area contributed by atoms with E-state index in [-0.39, 0.29) is 39.5 Å². The number of hydrogen-bond donors (Lipinski definition) is 2. The van der Waals surface area contributed by atoms with Crippen LogP contribution in [-0.4, -0.2) is 72.8 Å². The summed E-state index contributed by atoms with van der Waals surface area (Å²) in [5, 5.41) is 16.5. The molecule has 0 spiro atoms. The molecule has 15 nitrogen and oxygen atoms in total. The van der Waals surface area contributed by atoms with Gasteiger partial charge in [-0.25, -0.2) is 28.8 Å². The molecule has 0 radical (unpaired) electrons. The van der Waals surface area contributed by atoms with Crippen LogP contribution in [0, 0.1) is 0 Å². The minimum atomic E-state index is -1.18. The molecule has 2 fully saturated rings. The number of aromatic nitrogens is 3. The molecule has 0 saturated carbocycles. The highest BCUT2D eigenvalue weighted by atomic mass is 35.5. The van der Waals surface area contributed by atoms with Gasteiger partial charge in [-0.1, -0.05) is 7.43 Å². The van der Waals surface area contributed by atoms with Crippen molar-refractivity contribution in [3.8, 4) is 0 Å². The van der Waals surface area contributed by atoms with Crippen molar-refractivity contribution >= 4 is 53.6 Å². The monoisotopic (exact) mass is 497 g/mol. The maximum absolute atomic E-state index is 10.8. The van der Waals surface area contributed by atoms with Gasteiger partial charge in [-0.3, -0.25) is 0 Å². The van der Waals surface area contributed by atoms with Crippen LogP contribution >= 0.6 is 35.3 Å². The summed E-state index contributed by atoms with van der Waals surface area (Å²) in [6.07, 6.45) is -3.16. The van der Waals surface area contributed by atoms with E-state index < -0.39 is 47.6 Å². The van der Waals surface area contributed by atoms with E-state index in [0.717, 1.165) is 0 Å². The van der Waals surface area contributed by atoms with Gasteiger partial charge in [0.2, 0.25) is 6.10 Å². The van der Waals surface area contributed by atoms with Crippen LogP contribution in [0.5, 0.6) is 0 Å². The molecule has 2 unspecified atom stereocenters. The summed E-state index contributed by atoms with van der Waals surface area (Å²) in [4.78, 5) is 62.4. The minimum absolute atomic E-state index is 0. The number of cyclic esters (lactones) is 4. The Morgan fingerprint density at radius 3 is 1.47 bits per heavy atom. The highest BCUT2D eigenvalue weighted by Crippen LogP contribution is 2.05. The van der Waals surface area contributed by atoms with Crippen LogP contribution in [0.4, 0.5) is 9.59 Å². The van der Waals surface area contributed by atoms with Crippen LogP contribution < -0.4 is 17.1 Å². The lowest BCUT2D eigenvalue weighted by Crippen LogP contribution is -2.47. The van der Waals surface area contributed by atoms with Crippen molar-refractivity contribution in [3.63, 3.8) is 0 Å². The molecule has 0 aliphatic carbocycles. The number of aliphatic carboxylic acids is 1. The van der Waals surface area contributed by atoms with Crippen LogP contribution in [0.3, 0.4) is 0 Å². The molecule has 3 rings (SSSR count). The Morgan fingerprint density at radius 2 is 1.27 bits per heavy atom. The normalized spacial score (nSPS) is 18.8. The van der Waals surface area contributed by atoms with Crippen molar-refractivity contribution in [1.29, 1.82) is 0 Å². The SMILES string of the molecule is C.O=C1OCC(C(=O)O)O1.O=C1OCC(CO)O1.O=c1n(Cl)c(=O)n(Cl)c(=O)n1Cl. The van der Waals surface area contributed by atoms with Crippen LogP contribution in [-0.2, 0) is 23.7 Å². The van der Waals surface area contributed by atoms with E-state index in [9.17, 15) is 28.8 Å². The zero-order valence-electron chi connectivity index (χ0n) is 13.7. The standard InChI is InChI=1S/C4H4O5.C4H6O4.C3Cl3N3O3.CH4/c5-3(6)2-1-8-4(7)9-2;5-1-3-2-7-4(6)8-3;4-7-1(10)8(5)3(12)9(6)2(7)11;/h2H,1H2,(H,5,6);3,5H,1-2H2;;1H4. The topological polar surface area (TPSA) is 195 Å². The number of aliphatic hydroxyl groups is 1. The Balaban J connectivity index is 0.000000423. The van der Waals surface area contributed by atoms with Gasteiger partial charge in [0.25, 0.3) is 0 Å². The van der Waals surface area contributed by atoms with Crippen molar-refractivity contribution in [1.82, 2.24) is 12.3 Å². The second kappa shape index (κ2) is 12.1. The van der Waals surface area contributed by atoms with Gasteiger partial charge in [0.15, 0.2) is 6.10 Å². The second-order valence-electron chi connectivity index (χ2n) is 4.68. The van der Waals surface area contributed by atoms with Crippen molar-refractivity contribution < 1.29 is 43.5 Å². The number of carbonyl (C=O) groups is 3. The fourth-order valence-corrected chi connectivity index (χ4v) is 1.95. The third-order valence-corrected chi connectivity index (χ3v) is 3.60. The van der Waals surface area contributed by atoms with Crippen molar-refractivity contribution in [3.05, 3.63) is 31.5 Å². The Morgan fingerprint density at radius 1 is 0.867 bits per heavy atom. The molecule has 0 amide bonds. The van der Waals surface area contributed by atoms with Gasteiger partial charge in [0.1, 0.15) is 13.2 Å². The Hall–Kier alpha value is -2.75. The van der Waals surface area contributed by atoms with Gasteiger partial charge in [-0.15, -0.1) is 12.3 Å². The first-order valence-corrected chi connectivity index (χ1v) is 8.01. The van der Waals surface area contributed by atoms with E-state index in [2.05, 4.69) is 18.9 Å². The molecular weight excluding hydrogens is 484 g/mol. The third-order valence-electron chi connectivity index (χ3n) is 2.73. The molecule has 0 bridgehead atoms. The summed E-state index contributed by atoms with van der Waals surface area (Å²) < 4.78 is 17.3. The van der Waals surface area contributed by atoms with Crippen molar-refractivity contribution in [2.75, 3.05) is 19.8 Å². The molecule has 0 aromatic carbocycles. The first kappa shape index (κ1) is 27.2. The number of carboxylic acid groups (broad SMARTS) is 1. The summed E-state index contributed by atoms with van der Waals surface area (Å²) in [6.45, 7) is -0.171. The number of ether oxygens (including phenoxy) is 4. The first-order valence-electron chi connectivity index (χ1n) is 6.99. The molecule has 18 heteroatoms. The summed E-state index contributed by atoms with van der Waals surface area (Å²) >= 11 is 15.3. The van der Waals surface area contributed by atoms with Crippen LogP contribution in [0.2, 0.25) is 0 Å². The van der Waals surface area contributed by atoms with Crippen LogP contribution in [0.1, 0.15) is 7.43 Å². The predicted octanol–water partition coefficient (Wildman–Crippen LogP) is -1.07. The molecule has 170 valence electrons. The molecule has 1 aromatic rings.